The van der Waals surface area contributed by atoms with Crippen molar-refractivity contribution in [2.24, 2.45) is 0 Å². The second-order valence-electron chi connectivity index (χ2n) is 7.16. The second kappa shape index (κ2) is 8.25. The molecule has 2 aromatic heterocycles. The van der Waals surface area contributed by atoms with Gasteiger partial charge in [-0.2, -0.15) is 0 Å². The zero-order chi connectivity index (χ0) is 21.1. The zero-order valence-corrected chi connectivity index (χ0v) is 16.9. The molecule has 1 N–H and O–H groups in total. The Morgan fingerprint density at radius 3 is 2.53 bits per heavy atom. The maximum Gasteiger partial charge on any atom is 0.354 e. The summed E-state index contributed by atoms with van der Waals surface area (Å²) in [5, 5.41) is 9.33. The molecule has 4 aromatic rings. The first-order valence-corrected chi connectivity index (χ1v) is 9.70. The summed E-state index contributed by atoms with van der Waals surface area (Å²) in [7, 11) is 0. The number of rotatable bonds is 6. The summed E-state index contributed by atoms with van der Waals surface area (Å²) in [6, 6.07) is 25.1. The Hall–Kier alpha value is -3.86. The van der Waals surface area contributed by atoms with E-state index in [2.05, 4.69) is 11.1 Å². The highest BCUT2D eigenvalue weighted by Gasteiger charge is 2.16. The Morgan fingerprint density at radius 2 is 1.77 bits per heavy atom. The number of aromatic carboxylic acids is 1. The van der Waals surface area contributed by atoms with Gasteiger partial charge in [0.05, 0.1) is 5.69 Å². The molecule has 0 amide bonds. The lowest BCUT2D eigenvalue weighted by Gasteiger charge is -2.16. The summed E-state index contributed by atoms with van der Waals surface area (Å²) in [5.74, 6) is 0.270. The van der Waals surface area contributed by atoms with Crippen molar-refractivity contribution in [3.63, 3.8) is 0 Å². The molecule has 0 aliphatic rings. The molecule has 4 rings (SSSR count). The zero-order valence-electron chi connectivity index (χ0n) is 16.9. The van der Waals surface area contributed by atoms with Crippen LogP contribution in [0.5, 0.6) is 5.75 Å². The van der Waals surface area contributed by atoms with E-state index in [1.165, 1.54) is 6.07 Å². The van der Waals surface area contributed by atoms with Gasteiger partial charge >= 0.3 is 5.97 Å². The number of benzene rings is 2. The van der Waals surface area contributed by atoms with Crippen molar-refractivity contribution < 1.29 is 14.6 Å². The first kappa shape index (κ1) is 19.5. The SMILES string of the molecule is Cc1ccc(OCc2ccccc2)c(-c2ccc(C)n2-c2cccc(C(=O)O)n2)c1. The molecule has 150 valence electrons. The fraction of sp³-hybridized carbons (Fsp3) is 0.120. The van der Waals surface area contributed by atoms with Gasteiger partial charge < -0.3 is 9.84 Å². The van der Waals surface area contributed by atoms with Crippen molar-refractivity contribution in [3.8, 4) is 22.8 Å². The largest absolute Gasteiger partial charge is 0.488 e. The third kappa shape index (κ3) is 3.96. The van der Waals surface area contributed by atoms with Crippen LogP contribution in [0.4, 0.5) is 0 Å². The van der Waals surface area contributed by atoms with Crippen LogP contribution in [0.1, 0.15) is 27.3 Å². The lowest BCUT2D eigenvalue weighted by Crippen LogP contribution is -2.07. The lowest BCUT2D eigenvalue weighted by molar-refractivity contribution is 0.0690. The topological polar surface area (TPSA) is 64.3 Å². The van der Waals surface area contributed by atoms with Crippen molar-refractivity contribution in [2.45, 2.75) is 20.5 Å². The van der Waals surface area contributed by atoms with Crippen molar-refractivity contribution >= 4 is 5.97 Å². The molecule has 0 atom stereocenters. The van der Waals surface area contributed by atoms with Crippen molar-refractivity contribution in [2.75, 3.05) is 0 Å². The number of carboxylic acid groups (broad SMARTS) is 1. The van der Waals surface area contributed by atoms with Gasteiger partial charge in [0.2, 0.25) is 0 Å². The molecule has 0 saturated heterocycles. The minimum atomic E-state index is -1.05. The molecule has 0 aliphatic carbocycles. The van der Waals surface area contributed by atoms with E-state index in [0.29, 0.717) is 12.4 Å². The molecule has 5 nitrogen and oxygen atoms in total. The Balaban J connectivity index is 1.77. The van der Waals surface area contributed by atoms with Gasteiger partial charge in [0.1, 0.15) is 18.2 Å². The van der Waals surface area contributed by atoms with Gasteiger partial charge in [-0.3, -0.25) is 4.57 Å². The number of hydrogen-bond acceptors (Lipinski definition) is 3. The number of carbonyl (C=O) groups is 1. The molecule has 2 aromatic carbocycles. The van der Waals surface area contributed by atoms with Crippen LogP contribution in [0.15, 0.2) is 78.9 Å². The van der Waals surface area contributed by atoms with Crippen LogP contribution < -0.4 is 4.74 Å². The Morgan fingerprint density at radius 1 is 0.967 bits per heavy atom. The van der Waals surface area contributed by atoms with E-state index >= 15 is 0 Å². The van der Waals surface area contributed by atoms with Gasteiger partial charge in [-0.25, -0.2) is 9.78 Å². The molecule has 0 saturated carbocycles. The molecular weight excluding hydrogens is 376 g/mol. The van der Waals surface area contributed by atoms with Crippen LogP contribution in [-0.2, 0) is 6.61 Å². The Bertz CT molecular complexity index is 1200. The summed E-state index contributed by atoms with van der Waals surface area (Å²) < 4.78 is 8.12. The van der Waals surface area contributed by atoms with E-state index < -0.39 is 5.97 Å². The normalized spacial score (nSPS) is 10.7. The smallest absolute Gasteiger partial charge is 0.354 e. The summed E-state index contributed by atoms with van der Waals surface area (Å²) >= 11 is 0. The summed E-state index contributed by atoms with van der Waals surface area (Å²) in [6.45, 7) is 4.47. The van der Waals surface area contributed by atoms with Crippen molar-refractivity contribution in [3.05, 3.63) is 101 Å². The number of hydrogen-bond donors (Lipinski definition) is 1. The van der Waals surface area contributed by atoms with E-state index in [1.807, 2.05) is 79.1 Å². The van der Waals surface area contributed by atoms with Crippen LogP contribution >= 0.6 is 0 Å². The molecule has 0 radical (unpaired) electrons. The lowest BCUT2D eigenvalue weighted by atomic mass is 10.1. The molecule has 0 spiro atoms. The predicted molar refractivity (Wildman–Crippen MR) is 116 cm³/mol. The highest BCUT2D eigenvalue weighted by atomic mass is 16.5. The van der Waals surface area contributed by atoms with Crippen LogP contribution in [-0.4, -0.2) is 20.6 Å². The minimum Gasteiger partial charge on any atom is -0.488 e. The Labute approximate surface area is 175 Å². The van der Waals surface area contributed by atoms with E-state index in [-0.39, 0.29) is 5.69 Å². The molecule has 30 heavy (non-hydrogen) atoms. The van der Waals surface area contributed by atoms with E-state index in [4.69, 9.17) is 4.74 Å². The number of carboxylic acids is 1. The number of pyridine rings is 1. The number of ether oxygens (including phenoxy) is 1. The van der Waals surface area contributed by atoms with Gasteiger partial charge in [0, 0.05) is 11.3 Å². The monoisotopic (exact) mass is 398 g/mol. The highest BCUT2D eigenvalue weighted by molar-refractivity contribution is 5.85. The minimum absolute atomic E-state index is 0.0105. The van der Waals surface area contributed by atoms with E-state index in [1.54, 1.807) is 6.07 Å². The quantitative estimate of drug-likeness (QED) is 0.470. The summed E-state index contributed by atoms with van der Waals surface area (Å²) in [5.41, 5.74) is 4.99. The fourth-order valence-corrected chi connectivity index (χ4v) is 3.43. The molecule has 2 heterocycles. The summed E-state index contributed by atoms with van der Waals surface area (Å²) in [6.07, 6.45) is 0. The second-order valence-corrected chi connectivity index (χ2v) is 7.16. The van der Waals surface area contributed by atoms with Gasteiger partial charge in [-0.1, -0.05) is 48.0 Å². The maximum atomic E-state index is 11.4. The van der Waals surface area contributed by atoms with Crippen molar-refractivity contribution in [1.29, 1.82) is 0 Å². The Kier molecular flexibility index (Phi) is 5.35. The predicted octanol–water partition coefficient (Wildman–Crippen LogP) is 5.43. The first-order chi connectivity index (χ1) is 14.5. The third-order valence-electron chi connectivity index (χ3n) is 4.91. The highest BCUT2D eigenvalue weighted by Crippen LogP contribution is 2.34. The van der Waals surface area contributed by atoms with Gasteiger partial charge in [0.25, 0.3) is 0 Å². The molecule has 0 bridgehead atoms. The van der Waals surface area contributed by atoms with Gasteiger partial charge in [0.15, 0.2) is 5.69 Å². The van der Waals surface area contributed by atoms with Crippen molar-refractivity contribution in [1.82, 2.24) is 9.55 Å². The molecule has 0 fully saturated rings. The van der Waals surface area contributed by atoms with Crippen LogP contribution in [0.2, 0.25) is 0 Å². The van der Waals surface area contributed by atoms with Gasteiger partial charge in [-0.05, 0) is 55.8 Å². The molecular formula is C25H22N2O3. The number of aryl methyl sites for hydroxylation is 2. The standard InChI is InChI=1S/C25H22N2O3/c1-17-11-14-23(30-16-19-7-4-3-5-8-19)20(15-17)22-13-12-18(2)27(22)24-10-6-9-21(26-24)25(28)29/h3-15H,16H2,1-2H3,(H,28,29). The molecule has 0 aliphatic heterocycles. The van der Waals surface area contributed by atoms with E-state index in [9.17, 15) is 9.90 Å². The number of nitrogens with zero attached hydrogens (tertiary/aromatic N) is 2. The molecule has 5 heteroatoms. The first-order valence-electron chi connectivity index (χ1n) is 9.70. The average Bonchev–Trinajstić information content (AvgIpc) is 3.15. The van der Waals surface area contributed by atoms with Crippen LogP contribution in [0.25, 0.3) is 17.1 Å². The van der Waals surface area contributed by atoms with E-state index in [0.717, 1.165) is 33.8 Å². The summed E-state index contributed by atoms with van der Waals surface area (Å²) in [4.78, 5) is 15.7. The molecule has 0 unspecified atom stereocenters. The van der Waals surface area contributed by atoms with Gasteiger partial charge in [-0.15, -0.1) is 0 Å². The fourth-order valence-electron chi connectivity index (χ4n) is 3.43. The maximum absolute atomic E-state index is 11.4. The van der Waals surface area contributed by atoms with Crippen LogP contribution in [0.3, 0.4) is 0 Å². The third-order valence-corrected chi connectivity index (χ3v) is 4.91. The number of aromatic nitrogens is 2. The average molecular weight is 398 g/mol. The van der Waals surface area contributed by atoms with Crippen LogP contribution in [0, 0.1) is 13.8 Å².